The molecule has 1 atom stereocenters. The van der Waals surface area contributed by atoms with Gasteiger partial charge in [-0.1, -0.05) is 12.8 Å². The van der Waals surface area contributed by atoms with Crippen LogP contribution in [-0.4, -0.2) is 11.6 Å². The normalized spacial score (nSPS) is 34.6. The fourth-order valence-corrected chi connectivity index (χ4v) is 2.96. The van der Waals surface area contributed by atoms with E-state index in [1.54, 1.807) is 0 Å². The average molecular weight is 194 g/mol. The van der Waals surface area contributed by atoms with Crippen LogP contribution in [0.2, 0.25) is 0 Å². The summed E-state index contributed by atoms with van der Waals surface area (Å²) in [5.41, 5.74) is -0.216. The lowest BCUT2D eigenvalue weighted by molar-refractivity contribution is -0.137. The fourth-order valence-electron chi connectivity index (χ4n) is 2.96. The minimum atomic E-state index is -0.216. The smallest absolute Gasteiger partial charge is 0.139 e. The first kappa shape index (κ1) is 9.88. The zero-order valence-electron chi connectivity index (χ0n) is 8.68. The summed E-state index contributed by atoms with van der Waals surface area (Å²) in [6, 6.07) is 0. The Labute approximate surface area is 85.1 Å². The van der Waals surface area contributed by atoms with Crippen LogP contribution in [-0.2, 0) is 9.59 Å². The molecule has 0 radical (unpaired) electrons. The van der Waals surface area contributed by atoms with Crippen LogP contribution >= 0.6 is 0 Å². The maximum Gasteiger partial charge on any atom is 0.139 e. The van der Waals surface area contributed by atoms with Gasteiger partial charge in [0.25, 0.3) is 0 Å². The predicted octanol–water partition coefficient (Wildman–Crippen LogP) is 2.65. The Bertz CT molecular complexity index is 257. The van der Waals surface area contributed by atoms with E-state index in [2.05, 4.69) is 0 Å². The summed E-state index contributed by atoms with van der Waals surface area (Å²) < 4.78 is 0. The van der Waals surface area contributed by atoms with Crippen LogP contribution < -0.4 is 0 Å². The highest BCUT2D eigenvalue weighted by atomic mass is 16.1. The van der Waals surface area contributed by atoms with Crippen LogP contribution in [0.25, 0.3) is 0 Å². The van der Waals surface area contributed by atoms with Crippen molar-refractivity contribution < 1.29 is 9.59 Å². The molecule has 2 saturated carbocycles. The molecule has 0 aliphatic heterocycles. The molecule has 14 heavy (non-hydrogen) atoms. The van der Waals surface area contributed by atoms with Crippen molar-refractivity contribution in [3.05, 3.63) is 0 Å². The Balaban J connectivity index is 2.17. The molecule has 0 aromatic carbocycles. The Morgan fingerprint density at radius 3 is 2.43 bits per heavy atom. The van der Waals surface area contributed by atoms with Gasteiger partial charge in [0, 0.05) is 24.7 Å². The number of ketones is 2. The van der Waals surface area contributed by atoms with Gasteiger partial charge < -0.3 is 0 Å². The zero-order chi connectivity index (χ0) is 10.0. The molecule has 2 aliphatic carbocycles. The number of carbonyl (C=O) groups excluding carboxylic acids is 2. The third-order valence-corrected chi connectivity index (χ3v) is 3.80. The molecular formula is C12H18O2. The molecule has 2 nitrogen and oxygen atoms in total. The molecule has 0 N–H and O–H groups in total. The van der Waals surface area contributed by atoms with E-state index in [4.69, 9.17) is 0 Å². The summed E-state index contributed by atoms with van der Waals surface area (Å²) >= 11 is 0. The van der Waals surface area contributed by atoms with Crippen molar-refractivity contribution in [2.24, 2.45) is 5.41 Å². The van der Waals surface area contributed by atoms with Gasteiger partial charge in [0.05, 0.1) is 0 Å². The molecule has 0 bridgehead atoms. The number of Topliss-reactive ketones (excluding diaryl/α,β-unsaturated/α-hetero) is 2. The van der Waals surface area contributed by atoms with Gasteiger partial charge in [0.2, 0.25) is 0 Å². The van der Waals surface area contributed by atoms with Gasteiger partial charge in [0.15, 0.2) is 0 Å². The molecule has 2 rings (SSSR count). The summed E-state index contributed by atoms with van der Waals surface area (Å²) in [6.07, 6.45) is 8.18. The number of rotatable bonds is 0. The van der Waals surface area contributed by atoms with E-state index >= 15 is 0 Å². The molecule has 0 aromatic heterocycles. The van der Waals surface area contributed by atoms with Crippen molar-refractivity contribution in [2.45, 2.75) is 57.8 Å². The predicted molar refractivity (Wildman–Crippen MR) is 54.0 cm³/mol. The molecule has 2 fully saturated rings. The van der Waals surface area contributed by atoms with E-state index in [0.29, 0.717) is 30.8 Å². The molecule has 0 aromatic rings. The van der Waals surface area contributed by atoms with Crippen molar-refractivity contribution >= 4 is 11.6 Å². The molecular weight excluding hydrogens is 176 g/mol. The van der Waals surface area contributed by atoms with Gasteiger partial charge in [-0.25, -0.2) is 0 Å². The van der Waals surface area contributed by atoms with Gasteiger partial charge in [-0.3, -0.25) is 9.59 Å². The second-order valence-electron chi connectivity index (χ2n) is 4.83. The van der Waals surface area contributed by atoms with E-state index in [9.17, 15) is 9.59 Å². The molecule has 1 unspecified atom stereocenters. The first-order chi connectivity index (χ1) is 6.73. The fraction of sp³-hybridized carbons (Fsp3) is 0.833. The lowest BCUT2D eigenvalue weighted by Crippen LogP contribution is -2.35. The highest BCUT2D eigenvalue weighted by Crippen LogP contribution is 2.42. The Kier molecular flexibility index (Phi) is 2.71. The van der Waals surface area contributed by atoms with Crippen LogP contribution in [0.5, 0.6) is 0 Å². The Morgan fingerprint density at radius 1 is 0.857 bits per heavy atom. The van der Waals surface area contributed by atoms with Crippen LogP contribution in [0.4, 0.5) is 0 Å². The lowest BCUT2D eigenvalue weighted by Gasteiger charge is -2.34. The SMILES string of the molecule is O=C1CCCC2(CCCCCC2=O)C1. The first-order valence-electron chi connectivity index (χ1n) is 5.78. The summed E-state index contributed by atoms with van der Waals surface area (Å²) in [5.74, 6) is 0.689. The van der Waals surface area contributed by atoms with E-state index in [-0.39, 0.29) is 5.41 Å². The highest BCUT2D eigenvalue weighted by Gasteiger charge is 2.41. The molecule has 0 heterocycles. The number of hydrogen-bond acceptors (Lipinski definition) is 2. The first-order valence-corrected chi connectivity index (χ1v) is 5.78. The Morgan fingerprint density at radius 2 is 1.64 bits per heavy atom. The second kappa shape index (κ2) is 3.84. The van der Waals surface area contributed by atoms with E-state index in [1.807, 2.05) is 0 Å². The minimum Gasteiger partial charge on any atom is -0.300 e. The molecule has 1 spiro atoms. The number of carbonyl (C=O) groups is 2. The van der Waals surface area contributed by atoms with Crippen molar-refractivity contribution in [3.63, 3.8) is 0 Å². The summed E-state index contributed by atoms with van der Waals surface area (Å²) in [4.78, 5) is 23.4. The van der Waals surface area contributed by atoms with Crippen LogP contribution in [0, 0.1) is 5.41 Å². The number of hydrogen-bond donors (Lipinski definition) is 0. The monoisotopic (exact) mass is 194 g/mol. The van der Waals surface area contributed by atoms with Crippen LogP contribution in [0.15, 0.2) is 0 Å². The molecule has 0 amide bonds. The van der Waals surface area contributed by atoms with Crippen molar-refractivity contribution in [3.8, 4) is 0 Å². The maximum absolute atomic E-state index is 12.0. The van der Waals surface area contributed by atoms with Crippen molar-refractivity contribution in [2.75, 3.05) is 0 Å². The topological polar surface area (TPSA) is 34.1 Å². The molecule has 2 aliphatic rings. The van der Waals surface area contributed by atoms with Gasteiger partial charge in [-0.05, 0) is 25.7 Å². The van der Waals surface area contributed by atoms with Gasteiger partial charge >= 0.3 is 0 Å². The van der Waals surface area contributed by atoms with Crippen molar-refractivity contribution in [1.82, 2.24) is 0 Å². The van der Waals surface area contributed by atoms with E-state index < -0.39 is 0 Å². The van der Waals surface area contributed by atoms with E-state index in [1.165, 1.54) is 6.42 Å². The molecule has 0 saturated heterocycles. The average Bonchev–Trinajstić information content (AvgIpc) is 2.31. The van der Waals surface area contributed by atoms with Crippen LogP contribution in [0.1, 0.15) is 57.8 Å². The lowest BCUT2D eigenvalue weighted by atomic mass is 9.68. The third-order valence-electron chi connectivity index (χ3n) is 3.80. The third kappa shape index (κ3) is 1.75. The minimum absolute atomic E-state index is 0.216. The van der Waals surface area contributed by atoms with Gasteiger partial charge in [0.1, 0.15) is 11.6 Å². The zero-order valence-corrected chi connectivity index (χ0v) is 8.68. The van der Waals surface area contributed by atoms with Gasteiger partial charge in [-0.15, -0.1) is 0 Å². The van der Waals surface area contributed by atoms with Gasteiger partial charge in [-0.2, -0.15) is 0 Å². The quantitative estimate of drug-likeness (QED) is 0.594. The maximum atomic E-state index is 12.0. The Hall–Kier alpha value is -0.660. The second-order valence-corrected chi connectivity index (χ2v) is 4.83. The molecule has 78 valence electrons. The highest BCUT2D eigenvalue weighted by molar-refractivity contribution is 5.92. The van der Waals surface area contributed by atoms with Crippen molar-refractivity contribution in [1.29, 1.82) is 0 Å². The summed E-state index contributed by atoms with van der Waals surface area (Å²) in [7, 11) is 0. The van der Waals surface area contributed by atoms with Crippen LogP contribution in [0.3, 0.4) is 0 Å². The summed E-state index contributed by atoms with van der Waals surface area (Å²) in [6.45, 7) is 0. The molecule has 2 heteroatoms. The summed E-state index contributed by atoms with van der Waals surface area (Å²) in [5, 5.41) is 0. The largest absolute Gasteiger partial charge is 0.300 e. The van der Waals surface area contributed by atoms with E-state index in [0.717, 1.165) is 32.1 Å². The standard InChI is InChI=1S/C12H18O2/c13-10-5-4-8-12(9-10)7-3-1-2-6-11(12)14/h1-9H2.